The van der Waals surface area contributed by atoms with Crippen molar-refractivity contribution in [3.05, 3.63) is 70.2 Å². The zero-order valence-electron chi connectivity index (χ0n) is 18.8. The van der Waals surface area contributed by atoms with Crippen molar-refractivity contribution < 1.29 is 9.53 Å². The number of carbonyl (C=O) groups is 1. The maximum atomic E-state index is 12.7. The van der Waals surface area contributed by atoms with Gasteiger partial charge in [0.05, 0.1) is 23.4 Å². The fraction of sp³-hybridized carbons (Fsp3) is 0.360. The van der Waals surface area contributed by atoms with Crippen molar-refractivity contribution in [2.24, 2.45) is 0 Å². The summed E-state index contributed by atoms with van der Waals surface area (Å²) in [6.45, 7) is 6.19. The van der Waals surface area contributed by atoms with Gasteiger partial charge in [-0.3, -0.25) is 4.79 Å². The molecule has 3 aromatic rings. The summed E-state index contributed by atoms with van der Waals surface area (Å²) in [4.78, 5) is 19.7. The molecular formula is C25H30N4O2S. The molecule has 1 aromatic heterocycles. The molecule has 0 aliphatic carbocycles. The highest BCUT2D eigenvalue weighted by atomic mass is 32.1. The van der Waals surface area contributed by atoms with Crippen LogP contribution in [0.3, 0.4) is 0 Å². The van der Waals surface area contributed by atoms with E-state index < -0.39 is 0 Å². The molecule has 0 bridgehead atoms. The minimum Gasteiger partial charge on any atom is -0.496 e. The van der Waals surface area contributed by atoms with Crippen LogP contribution in [0.2, 0.25) is 0 Å². The van der Waals surface area contributed by atoms with Gasteiger partial charge in [0.25, 0.3) is 5.91 Å². The number of methoxy groups -OCH3 is 1. The number of aryl methyl sites for hydroxylation is 1. The maximum Gasteiger partial charge on any atom is 0.259 e. The number of thiazole rings is 1. The fourth-order valence-electron chi connectivity index (χ4n) is 4.13. The molecule has 6 nitrogen and oxygen atoms in total. The molecule has 0 spiro atoms. The van der Waals surface area contributed by atoms with Crippen molar-refractivity contribution in [3.63, 3.8) is 0 Å². The lowest BCUT2D eigenvalue weighted by Gasteiger charge is -2.35. The summed E-state index contributed by atoms with van der Waals surface area (Å²) in [6.07, 6.45) is 2.15. The first kappa shape index (κ1) is 22.3. The summed E-state index contributed by atoms with van der Waals surface area (Å²) in [5.74, 6) is 0.395. The zero-order valence-corrected chi connectivity index (χ0v) is 19.6. The van der Waals surface area contributed by atoms with Gasteiger partial charge in [-0.25, -0.2) is 4.98 Å². The third-order valence-corrected chi connectivity index (χ3v) is 6.67. The molecule has 0 radical (unpaired) electrons. The number of carbonyl (C=O) groups excluding carboxylic acids is 1. The van der Waals surface area contributed by atoms with Crippen LogP contribution in [0, 0.1) is 6.92 Å². The standard InChI is InChI=1S/C25H30N4O2S/c1-17(23-16-32-18(2)27-23)26-19-11-13-29(14-12-19)21-8-6-7-20(15-21)28-25(30)22-9-4-5-10-24(22)31-3/h4-10,15-17,19,26H,11-14H2,1-3H3,(H,28,30). The number of benzene rings is 2. The first-order valence-electron chi connectivity index (χ1n) is 11.0. The summed E-state index contributed by atoms with van der Waals surface area (Å²) in [7, 11) is 1.57. The smallest absolute Gasteiger partial charge is 0.259 e. The summed E-state index contributed by atoms with van der Waals surface area (Å²) in [5, 5.41) is 10.00. The van der Waals surface area contributed by atoms with E-state index in [9.17, 15) is 4.79 Å². The number of amides is 1. The molecule has 1 amide bonds. The monoisotopic (exact) mass is 450 g/mol. The number of hydrogen-bond donors (Lipinski definition) is 2. The van der Waals surface area contributed by atoms with Crippen LogP contribution in [0.4, 0.5) is 11.4 Å². The van der Waals surface area contributed by atoms with Crippen LogP contribution in [0.1, 0.15) is 46.9 Å². The second-order valence-corrected chi connectivity index (χ2v) is 9.21. The number of piperidine rings is 1. The van der Waals surface area contributed by atoms with E-state index in [0.29, 0.717) is 17.4 Å². The van der Waals surface area contributed by atoms with Crippen molar-refractivity contribution in [2.75, 3.05) is 30.4 Å². The Morgan fingerprint density at radius 1 is 1.19 bits per heavy atom. The molecule has 1 aliphatic rings. The zero-order chi connectivity index (χ0) is 22.5. The van der Waals surface area contributed by atoms with Crippen LogP contribution in [0.5, 0.6) is 5.75 Å². The van der Waals surface area contributed by atoms with Crippen LogP contribution in [-0.2, 0) is 0 Å². The Morgan fingerprint density at radius 3 is 2.69 bits per heavy atom. The molecule has 1 atom stereocenters. The van der Waals surface area contributed by atoms with Gasteiger partial charge in [0.1, 0.15) is 5.75 Å². The number of nitrogens with one attached hydrogen (secondary N) is 2. The largest absolute Gasteiger partial charge is 0.496 e. The SMILES string of the molecule is COc1ccccc1C(=O)Nc1cccc(N2CCC(NC(C)c3csc(C)n3)CC2)c1. The molecular weight excluding hydrogens is 420 g/mol. The third-order valence-electron chi connectivity index (χ3n) is 5.88. The number of aromatic nitrogens is 1. The number of para-hydroxylation sites is 1. The van der Waals surface area contributed by atoms with Crippen LogP contribution < -0.4 is 20.3 Å². The summed E-state index contributed by atoms with van der Waals surface area (Å²) in [6, 6.07) is 16.1. The highest BCUT2D eigenvalue weighted by Crippen LogP contribution is 2.26. The predicted molar refractivity (Wildman–Crippen MR) is 131 cm³/mol. The van der Waals surface area contributed by atoms with Gasteiger partial charge in [-0.1, -0.05) is 18.2 Å². The van der Waals surface area contributed by atoms with Crippen molar-refractivity contribution in [1.29, 1.82) is 0 Å². The van der Waals surface area contributed by atoms with Crippen molar-refractivity contribution in [2.45, 2.75) is 38.8 Å². The molecule has 1 fully saturated rings. The molecule has 2 N–H and O–H groups in total. The van der Waals surface area contributed by atoms with Crippen molar-refractivity contribution >= 4 is 28.6 Å². The highest BCUT2D eigenvalue weighted by molar-refractivity contribution is 7.09. The van der Waals surface area contributed by atoms with Gasteiger partial charge in [-0.2, -0.15) is 0 Å². The molecule has 2 aromatic carbocycles. The average molecular weight is 451 g/mol. The molecule has 168 valence electrons. The van der Waals surface area contributed by atoms with Gasteiger partial charge >= 0.3 is 0 Å². The average Bonchev–Trinajstić information content (AvgIpc) is 3.26. The van der Waals surface area contributed by atoms with E-state index >= 15 is 0 Å². The Bertz CT molecular complexity index is 1060. The van der Waals surface area contributed by atoms with E-state index in [1.54, 1.807) is 30.6 Å². The summed E-state index contributed by atoms with van der Waals surface area (Å²) in [5.41, 5.74) is 3.57. The number of nitrogens with zero attached hydrogens (tertiary/aromatic N) is 2. The normalized spacial score (nSPS) is 15.4. The van der Waals surface area contributed by atoms with Crippen molar-refractivity contribution in [3.8, 4) is 5.75 Å². The van der Waals surface area contributed by atoms with E-state index in [1.165, 1.54) is 0 Å². The predicted octanol–water partition coefficient (Wildman–Crippen LogP) is 5.03. The highest BCUT2D eigenvalue weighted by Gasteiger charge is 2.22. The summed E-state index contributed by atoms with van der Waals surface area (Å²) < 4.78 is 5.31. The number of rotatable bonds is 7. The van der Waals surface area contributed by atoms with Crippen molar-refractivity contribution in [1.82, 2.24) is 10.3 Å². The van der Waals surface area contributed by atoms with Gasteiger partial charge in [0.2, 0.25) is 0 Å². The van der Waals surface area contributed by atoms with Gasteiger partial charge < -0.3 is 20.3 Å². The molecule has 1 aliphatic heterocycles. The minimum absolute atomic E-state index is 0.172. The number of ether oxygens (including phenoxy) is 1. The van der Waals surface area contributed by atoms with Gasteiger partial charge in [0, 0.05) is 41.9 Å². The fourth-order valence-corrected chi connectivity index (χ4v) is 4.84. The van der Waals surface area contributed by atoms with Gasteiger partial charge in [-0.15, -0.1) is 11.3 Å². The lowest BCUT2D eigenvalue weighted by molar-refractivity contribution is 0.102. The molecule has 1 unspecified atom stereocenters. The molecule has 32 heavy (non-hydrogen) atoms. The van der Waals surface area contributed by atoms with Crippen LogP contribution in [-0.4, -0.2) is 37.1 Å². The van der Waals surface area contributed by atoms with Crippen LogP contribution >= 0.6 is 11.3 Å². The topological polar surface area (TPSA) is 66.5 Å². The number of hydrogen-bond acceptors (Lipinski definition) is 6. The van der Waals surface area contributed by atoms with E-state index in [-0.39, 0.29) is 11.9 Å². The molecule has 0 saturated carbocycles. The lowest BCUT2D eigenvalue weighted by atomic mass is 10.0. The Labute approximate surface area is 193 Å². The Morgan fingerprint density at radius 2 is 1.97 bits per heavy atom. The first-order valence-corrected chi connectivity index (χ1v) is 11.9. The Hall–Kier alpha value is -2.90. The van der Waals surface area contributed by atoms with Gasteiger partial charge in [0.15, 0.2) is 0 Å². The number of anilines is 2. The quantitative estimate of drug-likeness (QED) is 0.528. The summed E-state index contributed by atoms with van der Waals surface area (Å²) >= 11 is 1.70. The van der Waals surface area contributed by atoms with E-state index in [1.807, 2.05) is 37.3 Å². The maximum absolute atomic E-state index is 12.7. The van der Waals surface area contributed by atoms with E-state index in [2.05, 4.69) is 38.9 Å². The van der Waals surface area contributed by atoms with E-state index in [0.717, 1.165) is 48.0 Å². The Kier molecular flexibility index (Phi) is 7.07. The second kappa shape index (κ2) is 10.1. The third kappa shape index (κ3) is 5.29. The molecule has 4 rings (SSSR count). The molecule has 2 heterocycles. The first-order chi connectivity index (χ1) is 15.5. The lowest BCUT2D eigenvalue weighted by Crippen LogP contribution is -2.43. The van der Waals surface area contributed by atoms with Crippen LogP contribution in [0.15, 0.2) is 53.9 Å². The molecule has 1 saturated heterocycles. The molecule has 7 heteroatoms. The van der Waals surface area contributed by atoms with Crippen LogP contribution in [0.25, 0.3) is 0 Å². The minimum atomic E-state index is -0.172. The second-order valence-electron chi connectivity index (χ2n) is 8.15. The Balaban J connectivity index is 1.34. The van der Waals surface area contributed by atoms with Gasteiger partial charge in [-0.05, 0) is 57.0 Å². The van der Waals surface area contributed by atoms with E-state index in [4.69, 9.17) is 4.74 Å².